The maximum atomic E-state index is 0. The summed E-state index contributed by atoms with van der Waals surface area (Å²) in [5.74, 6) is 0. The van der Waals surface area contributed by atoms with Gasteiger partial charge in [-0.15, -0.1) is 0 Å². The van der Waals surface area contributed by atoms with Crippen LogP contribution in [0, 0.1) is 0 Å². The van der Waals surface area contributed by atoms with E-state index in [4.69, 9.17) is 0 Å². The van der Waals surface area contributed by atoms with Gasteiger partial charge in [0.25, 0.3) is 0 Å². The van der Waals surface area contributed by atoms with Crippen molar-refractivity contribution in [2.45, 2.75) is 0 Å². The fraction of sp³-hybridized carbons (Fsp3) is 0. The summed E-state index contributed by atoms with van der Waals surface area (Å²) in [7, 11) is 0. The molecule has 2 nitrogen and oxygen atoms in total. The largest absolute Gasteiger partial charge is 3.00 e. The molecule has 0 bridgehead atoms. The normalized spacial score (nSPS) is 0. The van der Waals surface area contributed by atoms with Gasteiger partial charge >= 0.3 is 46.9 Å². The molecule has 16 valence electrons. The SMILES string of the molecule is [Al+3].[Na+].[OH-].[OH-]. The van der Waals surface area contributed by atoms with Gasteiger partial charge in [-0.2, -0.15) is 0 Å². The molecule has 0 unspecified atom stereocenters. The molecular weight excluding hydrogens is 82.0 g/mol. The first-order valence-corrected chi connectivity index (χ1v) is 0. The van der Waals surface area contributed by atoms with Gasteiger partial charge in [0.15, 0.2) is 0 Å². The van der Waals surface area contributed by atoms with E-state index in [0.29, 0.717) is 0 Å². The van der Waals surface area contributed by atoms with E-state index in [9.17, 15) is 0 Å². The molecule has 0 aliphatic heterocycles. The standard InChI is InChI=1S/Al.Na.2H2O/h;;2*1H2/q+3;+1;;/p-2. The zero-order chi connectivity index (χ0) is 0. The molecule has 0 aliphatic rings. The van der Waals surface area contributed by atoms with Crippen molar-refractivity contribution in [2.75, 3.05) is 0 Å². The molecule has 0 aromatic heterocycles. The van der Waals surface area contributed by atoms with Crippen LogP contribution in [0.4, 0.5) is 0 Å². The van der Waals surface area contributed by atoms with Crippen molar-refractivity contribution in [2.24, 2.45) is 0 Å². The smallest absolute Gasteiger partial charge is 0.870 e. The van der Waals surface area contributed by atoms with Crippen LogP contribution in [0.3, 0.4) is 0 Å². The second-order valence-corrected chi connectivity index (χ2v) is 0. The summed E-state index contributed by atoms with van der Waals surface area (Å²) < 4.78 is 0. The molecule has 0 saturated carbocycles. The van der Waals surface area contributed by atoms with Crippen LogP contribution in [0.25, 0.3) is 0 Å². The first kappa shape index (κ1) is 51.2. The number of rotatable bonds is 0. The monoisotopic (exact) mass is 84.0 g/mol. The molecule has 0 atom stereocenters. The number of hydrogen-bond acceptors (Lipinski definition) is 2. The van der Waals surface area contributed by atoms with E-state index in [0.717, 1.165) is 0 Å². The van der Waals surface area contributed by atoms with Crippen molar-refractivity contribution in [3.05, 3.63) is 0 Å². The minimum absolute atomic E-state index is 0. The van der Waals surface area contributed by atoms with Crippen LogP contribution in [-0.4, -0.2) is 28.3 Å². The molecule has 0 radical (unpaired) electrons. The fourth-order valence-electron chi connectivity index (χ4n) is 0. The van der Waals surface area contributed by atoms with Gasteiger partial charge in [-0.25, -0.2) is 0 Å². The van der Waals surface area contributed by atoms with Gasteiger partial charge in [0.2, 0.25) is 0 Å². The fourth-order valence-corrected chi connectivity index (χ4v) is 0. The summed E-state index contributed by atoms with van der Waals surface area (Å²) >= 11 is 0. The second-order valence-electron chi connectivity index (χ2n) is 0. The molecule has 0 aliphatic carbocycles. The van der Waals surface area contributed by atoms with Crippen LogP contribution in [0.1, 0.15) is 0 Å². The Morgan fingerprint density at radius 1 is 0.750 bits per heavy atom. The van der Waals surface area contributed by atoms with Gasteiger partial charge in [0.05, 0.1) is 0 Å². The average Bonchev–Trinajstić information content (AvgIpc) is 0. The van der Waals surface area contributed by atoms with Crippen LogP contribution >= 0.6 is 0 Å². The van der Waals surface area contributed by atoms with Gasteiger partial charge in [-0.1, -0.05) is 0 Å². The molecule has 0 aromatic rings. The Labute approximate surface area is 57.6 Å². The second kappa shape index (κ2) is 25.2. The van der Waals surface area contributed by atoms with Crippen LogP contribution in [0.2, 0.25) is 0 Å². The maximum absolute atomic E-state index is 0. The first-order valence-electron chi connectivity index (χ1n) is 0. The molecule has 0 rings (SSSR count). The van der Waals surface area contributed by atoms with Crippen molar-refractivity contribution in [1.82, 2.24) is 0 Å². The molecule has 0 saturated heterocycles. The van der Waals surface area contributed by atoms with E-state index in [1.54, 1.807) is 0 Å². The van der Waals surface area contributed by atoms with Gasteiger partial charge in [0.1, 0.15) is 0 Å². The molecule has 0 heterocycles. The Morgan fingerprint density at radius 3 is 0.750 bits per heavy atom. The van der Waals surface area contributed by atoms with Crippen LogP contribution in [-0.2, 0) is 0 Å². The van der Waals surface area contributed by atoms with Crippen molar-refractivity contribution >= 4 is 17.4 Å². The topological polar surface area (TPSA) is 60.0 Å². The van der Waals surface area contributed by atoms with E-state index in [1.165, 1.54) is 0 Å². The Kier molecular flexibility index (Phi) is 322. The van der Waals surface area contributed by atoms with E-state index >= 15 is 0 Å². The Morgan fingerprint density at radius 2 is 0.750 bits per heavy atom. The van der Waals surface area contributed by atoms with Crippen LogP contribution in [0.5, 0.6) is 0 Å². The molecular formula is H2AlNaO2+2. The predicted octanol–water partition coefficient (Wildman–Crippen LogP) is -3.73. The number of hydrogen-bond donors (Lipinski definition) is 0. The predicted molar refractivity (Wildman–Crippen MR) is 9.63 cm³/mol. The molecule has 0 amide bonds. The first-order chi connectivity index (χ1) is 0. The van der Waals surface area contributed by atoms with Crippen LogP contribution < -0.4 is 29.6 Å². The molecule has 4 heavy (non-hydrogen) atoms. The minimum atomic E-state index is 0. The van der Waals surface area contributed by atoms with Gasteiger partial charge in [-0.3, -0.25) is 0 Å². The summed E-state index contributed by atoms with van der Waals surface area (Å²) in [4.78, 5) is 0. The van der Waals surface area contributed by atoms with Gasteiger partial charge < -0.3 is 11.0 Å². The molecule has 0 fully saturated rings. The summed E-state index contributed by atoms with van der Waals surface area (Å²) in [6.45, 7) is 0. The summed E-state index contributed by atoms with van der Waals surface area (Å²) in [6.07, 6.45) is 0. The van der Waals surface area contributed by atoms with E-state index in [-0.39, 0.29) is 57.9 Å². The van der Waals surface area contributed by atoms with E-state index < -0.39 is 0 Å². The molecule has 0 aromatic carbocycles. The van der Waals surface area contributed by atoms with Gasteiger partial charge in [-0.05, 0) is 0 Å². The quantitative estimate of drug-likeness (QED) is 0.283. The van der Waals surface area contributed by atoms with Crippen LogP contribution in [0.15, 0.2) is 0 Å². The minimum Gasteiger partial charge on any atom is -0.870 e. The summed E-state index contributed by atoms with van der Waals surface area (Å²) in [5, 5.41) is 0. The summed E-state index contributed by atoms with van der Waals surface area (Å²) in [6, 6.07) is 0. The average molecular weight is 84.0 g/mol. The molecule has 0 spiro atoms. The van der Waals surface area contributed by atoms with Crippen molar-refractivity contribution in [1.29, 1.82) is 0 Å². The zero-order valence-electron chi connectivity index (χ0n) is 2.47. The van der Waals surface area contributed by atoms with Gasteiger partial charge in [0, 0.05) is 0 Å². The Hall–Kier alpha value is 1.45. The van der Waals surface area contributed by atoms with Crippen molar-refractivity contribution in [3.63, 3.8) is 0 Å². The Balaban J connectivity index is 0. The molecule has 2 N–H and O–H groups in total. The van der Waals surface area contributed by atoms with E-state index in [1.807, 2.05) is 0 Å². The third kappa shape index (κ3) is 9.84. The third-order valence-corrected chi connectivity index (χ3v) is 0. The summed E-state index contributed by atoms with van der Waals surface area (Å²) in [5.41, 5.74) is 0. The van der Waals surface area contributed by atoms with Crippen molar-refractivity contribution < 1.29 is 40.5 Å². The zero-order valence-corrected chi connectivity index (χ0v) is 5.63. The van der Waals surface area contributed by atoms with Crippen molar-refractivity contribution in [3.8, 4) is 0 Å². The maximum Gasteiger partial charge on any atom is 3.00 e. The molecule has 4 heteroatoms. The van der Waals surface area contributed by atoms with E-state index in [2.05, 4.69) is 0 Å². The Bertz CT molecular complexity index is 6.00. The third-order valence-electron chi connectivity index (χ3n) is 0.